The second-order valence-corrected chi connectivity index (χ2v) is 8.84. The van der Waals surface area contributed by atoms with Crippen LogP contribution in [0.3, 0.4) is 0 Å². The van der Waals surface area contributed by atoms with E-state index in [1.165, 1.54) is 28.7 Å². The lowest BCUT2D eigenvalue weighted by atomic mass is 9.89. The van der Waals surface area contributed by atoms with Crippen molar-refractivity contribution in [2.45, 2.75) is 52.2 Å². The van der Waals surface area contributed by atoms with Crippen molar-refractivity contribution in [2.75, 3.05) is 0 Å². The number of carbonyl (C=O) groups is 1. The molecule has 0 radical (unpaired) electrons. The van der Waals surface area contributed by atoms with Crippen LogP contribution in [0.1, 0.15) is 37.5 Å². The predicted octanol–water partition coefficient (Wildman–Crippen LogP) is 4.56. The topological polar surface area (TPSA) is 61.2 Å². The number of nitrogens with zero attached hydrogens (tertiary/aromatic N) is 2. The highest BCUT2D eigenvalue weighted by Gasteiger charge is 2.23. The molecular formula is C22H24N2O3S. The molecule has 0 unspecified atom stereocenters. The highest BCUT2D eigenvalue weighted by molar-refractivity contribution is 7.19. The van der Waals surface area contributed by atoms with Crippen molar-refractivity contribution in [2.24, 2.45) is 5.92 Å². The monoisotopic (exact) mass is 396 g/mol. The maximum atomic E-state index is 13.1. The Morgan fingerprint density at radius 1 is 1.29 bits per heavy atom. The molecule has 1 saturated carbocycles. The number of benzene rings is 1. The third-order valence-electron chi connectivity index (χ3n) is 5.40. The molecule has 1 fully saturated rings. The molecule has 0 spiro atoms. The largest absolute Gasteiger partial charge is 0.461 e. The maximum Gasteiger partial charge on any atom is 0.326 e. The van der Waals surface area contributed by atoms with E-state index in [0.29, 0.717) is 16.1 Å². The summed E-state index contributed by atoms with van der Waals surface area (Å²) < 4.78 is 7.00. The zero-order valence-corrected chi connectivity index (χ0v) is 17.0. The molecule has 0 aliphatic heterocycles. The number of hydrogen-bond acceptors (Lipinski definition) is 5. The number of hydrogen-bond donors (Lipinski definition) is 0. The van der Waals surface area contributed by atoms with Gasteiger partial charge < -0.3 is 4.74 Å². The van der Waals surface area contributed by atoms with Gasteiger partial charge in [-0.25, -0.2) is 4.98 Å². The Hall–Kier alpha value is -2.47. The quantitative estimate of drug-likeness (QED) is 0.607. The molecule has 2 heterocycles. The SMILES string of the molecule is Cc1sc2ncn(CC(=O)O[C@H]3CCC[C@H](C)C3)c(=O)c2c1-c1ccccc1. The van der Waals surface area contributed by atoms with Gasteiger partial charge in [0.25, 0.3) is 5.56 Å². The molecule has 0 N–H and O–H groups in total. The fourth-order valence-corrected chi connectivity index (χ4v) is 5.05. The van der Waals surface area contributed by atoms with E-state index in [9.17, 15) is 9.59 Å². The first-order chi connectivity index (χ1) is 13.5. The van der Waals surface area contributed by atoms with Crippen LogP contribution in [-0.4, -0.2) is 21.6 Å². The minimum absolute atomic E-state index is 0.0353. The van der Waals surface area contributed by atoms with Gasteiger partial charge in [0.15, 0.2) is 0 Å². The maximum absolute atomic E-state index is 13.1. The normalized spacial score (nSPS) is 19.6. The van der Waals surface area contributed by atoms with Crippen molar-refractivity contribution >= 4 is 27.5 Å². The van der Waals surface area contributed by atoms with Gasteiger partial charge in [-0.05, 0) is 37.7 Å². The Kier molecular flexibility index (Phi) is 5.31. The lowest BCUT2D eigenvalue weighted by molar-refractivity contribution is -0.152. The Balaban J connectivity index is 1.63. The predicted molar refractivity (Wildman–Crippen MR) is 112 cm³/mol. The summed E-state index contributed by atoms with van der Waals surface area (Å²) in [7, 11) is 0. The van der Waals surface area contributed by atoms with Gasteiger partial charge in [0.2, 0.25) is 0 Å². The van der Waals surface area contributed by atoms with Crippen LogP contribution in [0.4, 0.5) is 0 Å². The summed E-state index contributed by atoms with van der Waals surface area (Å²) >= 11 is 1.50. The van der Waals surface area contributed by atoms with E-state index in [1.807, 2.05) is 37.3 Å². The van der Waals surface area contributed by atoms with Gasteiger partial charge in [-0.2, -0.15) is 0 Å². The molecule has 2 aromatic heterocycles. The van der Waals surface area contributed by atoms with Gasteiger partial charge >= 0.3 is 5.97 Å². The molecule has 2 atom stereocenters. The van der Waals surface area contributed by atoms with Gasteiger partial charge in [0, 0.05) is 10.4 Å². The minimum atomic E-state index is -0.365. The summed E-state index contributed by atoms with van der Waals surface area (Å²) in [4.78, 5) is 31.7. The van der Waals surface area contributed by atoms with Crippen LogP contribution in [0.25, 0.3) is 21.3 Å². The fraction of sp³-hybridized carbons (Fsp3) is 0.409. The second kappa shape index (κ2) is 7.87. The first-order valence-corrected chi connectivity index (χ1v) is 10.6. The van der Waals surface area contributed by atoms with Crippen molar-refractivity contribution < 1.29 is 9.53 Å². The molecule has 6 heteroatoms. The van der Waals surface area contributed by atoms with E-state index in [2.05, 4.69) is 11.9 Å². The van der Waals surface area contributed by atoms with E-state index < -0.39 is 0 Å². The van der Waals surface area contributed by atoms with Crippen LogP contribution >= 0.6 is 11.3 Å². The summed E-state index contributed by atoms with van der Waals surface area (Å²) in [6.07, 6.45) is 5.51. The van der Waals surface area contributed by atoms with E-state index in [0.717, 1.165) is 35.3 Å². The standard InChI is InChI=1S/C22H24N2O3S/c1-14-7-6-10-17(11-14)27-18(25)12-24-13-23-21-20(22(24)26)19(15(2)28-21)16-8-4-3-5-9-16/h3-5,8-9,13-14,17H,6-7,10-12H2,1-2H3/t14-,17-/m0/s1. The molecule has 3 aromatic rings. The Bertz CT molecular complexity index is 1050. The van der Waals surface area contributed by atoms with Crippen LogP contribution in [0, 0.1) is 12.8 Å². The molecule has 0 bridgehead atoms. The van der Waals surface area contributed by atoms with Crippen molar-refractivity contribution in [3.05, 3.63) is 51.9 Å². The lowest BCUT2D eigenvalue weighted by Gasteiger charge is -2.26. The molecule has 4 rings (SSSR count). The number of aryl methyl sites for hydroxylation is 1. The molecule has 1 aliphatic carbocycles. The first kappa shape index (κ1) is 18.9. The summed E-state index contributed by atoms with van der Waals surface area (Å²) in [6.45, 7) is 4.08. The lowest BCUT2D eigenvalue weighted by Crippen LogP contribution is -2.30. The van der Waals surface area contributed by atoms with E-state index in [4.69, 9.17) is 4.74 Å². The molecular weight excluding hydrogens is 372 g/mol. The number of fused-ring (bicyclic) bond motifs is 1. The van der Waals surface area contributed by atoms with Crippen LogP contribution in [0.15, 0.2) is 41.5 Å². The van der Waals surface area contributed by atoms with E-state index >= 15 is 0 Å². The van der Waals surface area contributed by atoms with Crippen LogP contribution in [0.2, 0.25) is 0 Å². The highest BCUT2D eigenvalue weighted by atomic mass is 32.1. The van der Waals surface area contributed by atoms with Crippen LogP contribution in [0.5, 0.6) is 0 Å². The van der Waals surface area contributed by atoms with Crippen LogP contribution < -0.4 is 5.56 Å². The summed E-state index contributed by atoms with van der Waals surface area (Å²) in [6, 6.07) is 9.84. The van der Waals surface area contributed by atoms with E-state index in [-0.39, 0.29) is 24.2 Å². The highest BCUT2D eigenvalue weighted by Crippen LogP contribution is 2.35. The van der Waals surface area contributed by atoms with Gasteiger partial charge in [0.1, 0.15) is 17.5 Å². The zero-order valence-electron chi connectivity index (χ0n) is 16.2. The number of carbonyl (C=O) groups excluding carboxylic acids is 1. The average Bonchev–Trinajstić information content (AvgIpc) is 3.01. The van der Waals surface area contributed by atoms with Gasteiger partial charge in [-0.15, -0.1) is 11.3 Å². The molecule has 0 saturated heterocycles. The summed E-state index contributed by atoms with van der Waals surface area (Å²) in [5.41, 5.74) is 1.70. The molecule has 5 nitrogen and oxygen atoms in total. The zero-order chi connectivity index (χ0) is 19.7. The fourth-order valence-electron chi connectivity index (χ4n) is 4.05. The number of rotatable bonds is 4. The molecule has 1 aliphatic rings. The Morgan fingerprint density at radius 3 is 2.82 bits per heavy atom. The van der Waals surface area contributed by atoms with Gasteiger partial charge in [-0.1, -0.05) is 43.7 Å². The van der Waals surface area contributed by atoms with Crippen LogP contribution in [-0.2, 0) is 16.1 Å². The molecule has 0 amide bonds. The smallest absolute Gasteiger partial charge is 0.326 e. The van der Waals surface area contributed by atoms with E-state index in [1.54, 1.807) is 0 Å². The number of aromatic nitrogens is 2. The third kappa shape index (κ3) is 3.74. The average molecular weight is 397 g/mol. The minimum Gasteiger partial charge on any atom is -0.461 e. The molecule has 28 heavy (non-hydrogen) atoms. The van der Waals surface area contributed by atoms with Crippen molar-refractivity contribution in [3.8, 4) is 11.1 Å². The van der Waals surface area contributed by atoms with Crippen molar-refractivity contribution in [1.29, 1.82) is 0 Å². The van der Waals surface area contributed by atoms with Crippen molar-refractivity contribution in [1.82, 2.24) is 9.55 Å². The Morgan fingerprint density at radius 2 is 2.07 bits per heavy atom. The van der Waals surface area contributed by atoms with Gasteiger partial charge in [0.05, 0.1) is 11.7 Å². The summed E-state index contributed by atoms with van der Waals surface area (Å²) in [5, 5.41) is 0.579. The number of esters is 1. The van der Waals surface area contributed by atoms with Gasteiger partial charge in [-0.3, -0.25) is 14.2 Å². The number of ether oxygens (including phenoxy) is 1. The van der Waals surface area contributed by atoms with Crippen molar-refractivity contribution in [3.63, 3.8) is 0 Å². The number of thiophene rings is 1. The molecule has 1 aromatic carbocycles. The first-order valence-electron chi connectivity index (χ1n) is 9.76. The second-order valence-electron chi connectivity index (χ2n) is 7.64. The molecule has 146 valence electrons. The Labute approximate surface area is 168 Å². The summed E-state index contributed by atoms with van der Waals surface area (Å²) in [5.74, 6) is 0.213. The third-order valence-corrected chi connectivity index (χ3v) is 6.42.